The van der Waals surface area contributed by atoms with Crippen molar-refractivity contribution >= 4 is 5.65 Å². The standard InChI is InChI=1S/C11H14FN3/c1-7(2)10-4-5-15-11(14-10)9(6-13-15)8(3)12/h4-8H,1-3H3. The Bertz CT molecular complexity index is 474. The van der Waals surface area contributed by atoms with Crippen molar-refractivity contribution in [1.29, 1.82) is 0 Å². The molecular weight excluding hydrogens is 193 g/mol. The van der Waals surface area contributed by atoms with Crippen molar-refractivity contribution in [3.05, 3.63) is 29.7 Å². The number of aromatic nitrogens is 3. The lowest BCUT2D eigenvalue weighted by atomic mass is 10.1. The van der Waals surface area contributed by atoms with Crippen LogP contribution < -0.4 is 0 Å². The minimum Gasteiger partial charge on any atom is -0.242 e. The average Bonchev–Trinajstić information content (AvgIpc) is 2.59. The fourth-order valence-electron chi connectivity index (χ4n) is 1.50. The van der Waals surface area contributed by atoms with Crippen molar-refractivity contribution < 1.29 is 4.39 Å². The van der Waals surface area contributed by atoms with Crippen LogP contribution in [0.3, 0.4) is 0 Å². The van der Waals surface area contributed by atoms with Crippen LogP contribution >= 0.6 is 0 Å². The Hall–Kier alpha value is -1.45. The average molecular weight is 207 g/mol. The summed E-state index contributed by atoms with van der Waals surface area (Å²) in [4.78, 5) is 4.42. The molecule has 0 saturated heterocycles. The van der Waals surface area contributed by atoms with E-state index in [4.69, 9.17) is 0 Å². The predicted octanol–water partition coefficient (Wildman–Crippen LogP) is 2.88. The first kappa shape index (κ1) is 10.1. The zero-order valence-electron chi connectivity index (χ0n) is 9.11. The molecule has 0 aliphatic rings. The van der Waals surface area contributed by atoms with Gasteiger partial charge >= 0.3 is 0 Å². The van der Waals surface area contributed by atoms with E-state index in [9.17, 15) is 4.39 Å². The molecule has 0 fully saturated rings. The first-order chi connectivity index (χ1) is 7.09. The molecule has 0 radical (unpaired) electrons. The zero-order chi connectivity index (χ0) is 11.0. The van der Waals surface area contributed by atoms with Crippen molar-refractivity contribution in [3.8, 4) is 0 Å². The summed E-state index contributed by atoms with van der Waals surface area (Å²) in [6, 6.07) is 1.91. The van der Waals surface area contributed by atoms with Gasteiger partial charge in [0, 0.05) is 11.9 Å². The van der Waals surface area contributed by atoms with Crippen LogP contribution in [0.25, 0.3) is 5.65 Å². The monoisotopic (exact) mass is 207 g/mol. The van der Waals surface area contributed by atoms with E-state index in [-0.39, 0.29) is 0 Å². The van der Waals surface area contributed by atoms with E-state index >= 15 is 0 Å². The molecule has 1 unspecified atom stereocenters. The summed E-state index contributed by atoms with van der Waals surface area (Å²) in [7, 11) is 0. The molecule has 0 aliphatic heterocycles. The molecule has 0 spiro atoms. The normalized spacial score (nSPS) is 13.7. The summed E-state index contributed by atoms with van der Waals surface area (Å²) in [5.41, 5.74) is 2.14. The first-order valence-electron chi connectivity index (χ1n) is 5.08. The van der Waals surface area contributed by atoms with E-state index in [0.717, 1.165) is 5.69 Å². The van der Waals surface area contributed by atoms with Gasteiger partial charge in [-0.25, -0.2) is 13.9 Å². The Morgan fingerprint density at radius 3 is 2.67 bits per heavy atom. The van der Waals surface area contributed by atoms with Crippen molar-refractivity contribution in [2.24, 2.45) is 0 Å². The van der Waals surface area contributed by atoms with Gasteiger partial charge in [0.25, 0.3) is 0 Å². The first-order valence-corrected chi connectivity index (χ1v) is 5.08. The summed E-state index contributed by atoms with van der Waals surface area (Å²) in [5.74, 6) is 0.340. The number of fused-ring (bicyclic) bond motifs is 1. The van der Waals surface area contributed by atoms with E-state index in [1.54, 1.807) is 4.52 Å². The zero-order valence-corrected chi connectivity index (χ0v) is 9.11. The van der Waals surface area contributed by atoms with Gasteiger partial charge in [-0.05, 0) is 18.9 Å². The maximum atomic E-state index is 13.2. The van der Waals surface area contributed by atoms with Crippen LogP contribution in [0.15, 0.2) is 18.5 Å². The Balaban J connectivity index is 2.61. The highest BCUT2D eigenvalue weighted by atomic mass is 19.1. The fourth-order valence-corrected chi connectivity index (χ4v) is 1.50. The molecule has 0 saturated carbocycles. The van der Waals surface area contributed by atoms with Crippen LogP contribution in [-0.2, 0) is 0 Å². The van der Waals surface area contributed by atoms with Gasteiger partial charge in [0.2, 0.25) is 0 Å². The fraction of sp³-hybridized carbons (Fsp3) is 0.455. The van der Waals surface area contributed by atoms with Crippen molar-refractivity contribution in [2.75, 3.05) is 0 Å². The summed E-state index contributed by atoms with van der Waals surface area (Å²) in [5, 5.41) is 4.05. The van der Waals surface area contributed by atoms with Gasteiger partial charge in [0.15, 0.2) is 5.65 Å². The van der Waals surface area contributed by atoms with Crippen LogP contribution in [0.2, 0.25) is 0 Å². The minimum absolute atomic E-state index is 0.340. The van der Waals surface area contributed by atoms with E-state index < -0.39 is 6.17 Å². The molecule has 0 amide bonds. The topological polar surface area (TPSA) is 30.2 Å². The van der Waals surface area contributed by atoms with E-state index in [1.807, 2.05) is 12.3 Å². The second-order valence-corrected chi connectivity index (χ2v) is 3.99. The molecule has 0 aliphatic carbocycles. The Morgan fingerprint density at radius 1 is 1.33 bits per heavy atom. The number of halogens is 1. The third-order valence-electron chi connectivity index (χ3n) is 2.44. The van der Waals surface area contributed by atoms with Gasteiger partial charge in [0.05, 0.1) is 11.8 Å². The summed E-state index contributed by atoms with van der Waals surface area (Å²) >= 11 is 0. The molecule has 15 heavy (non-hydrogen) atoms. The molecule has 3 nitrogen and oxygen atoms in total. The summed E-state index contributed by atoms with van der Waals surface area (Å²) in [6.45, 7) is 5.63. The van der Waals surface area contributed by atoms with Gasteiger partial charge in [-0.1, -0.05) is 13.8 Å². The third kappa shape index (κ3) is 1.71. The molecule has 2 rings (SSSR count). The maximum Gasteiger partial charge on any atom is 0.161 e. The van der Waals surface area contributed by atoms with E-state index in [1.165, 1.54) is 13.1 Å². The molecule has 0 aromatic carbocycles. The predicted molar refractivity (Wildman–Crippen MR) is 56.6 cm³/mol. The van der Waals surface area contributed by atoms with Crippen LogP contribution in [0.5, 0.6) is 0 Å². The molecule has 2 heterocycles. The highest BCUT2D eigenvalue weighted by Crippen LogP contribution is 2.21. The van der Waals surface area contributed by atoms with Gasteiger partial charge in [-0.2, -0.15) is 5.10 Å². The lowest BCUT2D eigenvalue weighted by molar-refractivity contribution is 0.376. The molecule has 1 atom stereocenters. The Labute approximate surface area is 87.9 Å². The molecular formula is C11H14FN3. The molecule has 2 aromatic rings. The number of alkyl halides is 1. The summed E-state index contributed by atoms with van der Waals surface area (Å²) < 4.78 is 14.8. The quantitative estimate of drug-likeness (QED) is 0.758. The smallest absolute Gasteiger partial charge is 0.161 e. The third-order valence-corrected chi connectivity index (χ3v) is 2.44. The van der Waals surface area contributed by atoms with Crippen molar-refractivity contribution in [1.82, 2.24) is 14.6 Å². The lowest BCUT2D eigenvalue weighted by Gasteiger charge is -2.05. The molecule has 80 valence electrons. The lowest BCUT2D eigenvalue weighted by Crippen LogP contribution is -1.98. The van der Waals surface area contributed by atoms with Gasteiger partial charge < -0.3 is 0 Å². The van der Waals surface area contributed by atoms with Crippen molar-refractivity contribution in [2.45, 2.75) is 32.9 Å². The van der Waals surface area contributed by atoms with E-state index in [0.29, 0.717) is 17.1 Å². The minimum atomic E-state index is -1.03. The van der Waals surface area contributed by atoms with E-state index in [2.05, 4.69) is 23.9 Å². The van der Waals surface area contributed by atoms with Gasteiger partial charge in [-0.3, -0.25) is 0 Å². The summed E-state index contributed by atoms with van der Waals surface area (Å²) in [6.07, 6.45) is 2.33. The highest BCUT2D eigenvalue weighted by molar-refractivity contribution is 5.48. The Morgan fingerprint density at radius 2 is 2.07 bits per heavy atom. The molecule has 0 bridgehead atoms. The van der Waals surface area contributed by atoms with Gasteiger partial charge in [0.1, 0.15) is 6.17 Å². The number of hydrogen-bond donors (Lipinski definition) is 0. The van der Waals surface area contributed by atoms with Crippen molar-refractivity contribution in [3.63, 3.8) is 0 Å². The number of rotatable bonds is 2. The van der Waals surface area contributed by atoms with Gasteiger partial charge in [-0.15, -0.1) is 0 Å². The largest absolute Gasteiger partial charge is 0.242 e. The number of hydrogen-bond acceptors (Lipinski definition) is 2. The second-order valence-electron chi connectivity index (χ2n) is 3.99. The van der Waals surface area contributed by atoms with Crippen LogP contribution in [0.4, 0.5) is 4.39 Å². The number of nitrogens with zero attached hydrogens (tertiary/aromatic N) is 3. The van der Waals surface area contributed by atoms with Crippen LogP contribution in [0.1, 0.15) is 44.1 Å². The van der Waals surface area contributed by atoms with Crippen LogP contribution in [0, 0.1) is 0 Å². The highest BCUT2D eigenvalue weighted by Gasteiger charge is 2.12. The maximum absolute atomic E-state index is 13.2. The molecule has 4 heteroatoms. The second kappa shape index (κ2) is 3.61. The SMILES string of the molecule is CC(C)c1ccn2ncc(C(C)F)c2n1. The van der Waals surface area contributed by atoms with Crippen LogP contribution in [-0.4, -0.2) is 14.6 Å². The molecule has 0 N–H and O–H groups in total. The Kier molecular flexibility index (Phi) is 2.42. The molecule has 2 aromatic heterocycles.